The zero-order chi connectivity index (χ0) is 19.2. The molecule has 0 saturated carbocycles. The Morgan fingerprint density at radius 1 is 1.41 bits per heavy atom. The van der Waals surface area contributed by atoms with Crippen LogP contribution in [0.4, 0.5) is 11.4 Å². The van der Waals surface area contributed by atoms with Gasteiger partial charge in [0, 0.05) is 18.2 Å². The lowest BCUT2D eigenvalue weighted by atomic mass is 9.85. The van der Waals surface area contributed by atoms with Gasteiger partial charge in [-0.2, -0.15) is 0 Å². The Balaban J connectivity index is 0.00000364. The Morgan fingerprint density at radius 2 is 2.15 bits per heavy atom. The Hall–Kier alpha value is -1.51. The Morgan fingerprint density at radius 3 is 2.74 bits per heavy atom. The van der Waals surface area contributed by atoms with E-state index in [9.17, 15) is 13.2 Å². The number of nitrogens with one attached hydrogen (secondary N) is 3. The van der Waals surface area contributed by atoms with Crippen molar-refractivity contribution >= 4 is 39.7 Å². The summed E-state index contributed by atoms with van der Waals surface area (Å²) in [5.41, 5.74) is 0.939. The lowest BCUT2D eigenvalue weighted by Crippen LogP contribution is -2.34. The van der Waals surface area contributed by atoms with E-state index in [-0.39, 0.29) is 24.1 Å². The van der Waals surface area contributed by atoms with Crippen LogP contribution in [0.5, 0.6) is 5.75 Å². The smallest absolute Gasteiger partial charge is 0.232 e. The highest BCUT2D eigenvalue weighted by molar-refractivity contribution is 7.92. The monoisotopic (exact) mass is 419 g/mol. The molecule has 1 aliphatic rings. The predicted octanol–water partition coefficient (Wildman–Crippen LogP) is 2.84. The third-order valence-electron chi connectivity index (χ3n) is 4.78. The van der Waals surface area contributed by atoms with E-state index in [1.54, 1.807) is 25.1 Å². The van der Waals surface area contributed by atoms with Crippen molar-refractivity contribution in [3.05, 3.63) is 18.2 Å². The minimum absolute atomic E-state index is 0. The van der Waals surface area contributed by atoms with Gasteiger partial charge in [0.05, 0.1) is 18.6 Å². The number of ether oxygens (including phenoxy) is 1. The standard InChI is InChI=1S/C18H29N3O4S.ClH/c1-4-26(23,24)21-16-8-7-15(11-17(16)25-3)20-18(22)10-13(2)14-6-5-9-19-12-14;/h7-8,11,13-14,19,21H,4-6,9-10,12H2,1-3H3,(H,20,22);1H. The van der Waals surface area contributed by atoms with Crippen LogP contribution in [0.1, 0.15) is 33.1 Å². The summed E-state index contributed by atoms with van der Waals surface area (Å²) in [5.74, 6) is 1.12. The summed E-state index contributed by atoms with van der Waals surface area (Å²) in [5, 5.41) is 6.25. The number of hydrogen-bond acceptors (Lipinski definition) is 5. The van der Waals surface area contributed by atoms with E-state index in [0.717, 1.165) is 25.9 Å². The van der Waals surface area contributed by atoms with Gasteiger partial charge in [0.15, 0.2) is 0 Å². The molecular weight excluding hydrogens is 390 g/mol. The molecule has 27 heavy (non-hydrogen) atoms. The average Bonchev–Trinajstić information content (AvgIpc) is 2.63. The maximum absolute atomic E-state index is 12.3. The summed E-state index contributed by atoms with van der Waals surface area (Å²) in [6, 6.07) is 4.88. The van der Waals surface area contributed by atoms with Crippen LogP contribution in [0.2, 0.25) is 0 Å². The fourth-order valence-electron chi connectivity index (χ4n) is 3.13. The third-order valence-corrected chi connectivity index (χ3v) is 6.07. The minimum Gasteiger partial charge on any atom is -0.494 e. The molecule has 9 heteroatoms. The molecule has 1 heterocycles. The van der Waals surface area contributed by atoms with Crippen molar-refractivity contribution in [2.75, 3.05) is 36.0 Å². The van der Waals surface area contributed by atoms with Gasteiger partial charge in [-0.15, -0.1) is 12.4 Å². The van der Waals surface area contributed by atoms with Crippen LogP contribution < -0.4 is 20.1 Å². The van der Waals surface area contributed by atoms with Gasteiger partial charge in [0.1, 0.15) is 5.75 Å². The first-order valence-corrected chi connectivity index (χ1v) is 10.7. The molecule has 2 rings (SSSR count). The Bertz CT molecular complexity index is 721. The topological polar surface area (TPSA) is 96.5 Å². The molecule has 0 aromatic heterocycles. The molecule has 1 saturated heterocycles. The number of carbonyl (C=O) groups is 1. The van der Waals surface area contributed by atoms with Crippen molar-refractivity contribution in [1.29, 1.82) is 0 Å². The van der Waals surface area contributed by atoms with Gasteiger partial charge in [-0.1, -0.05) is 6.92 Å². The van der Waals surface area contributed by atoms with Gasteiger partial charge >= 0.3 is 0 Å². The van der Waals surface area contributed by atoms with Crippen molar-refractivity contribution < 1.29 is 17.9 Å². The van der Waals surface area contributed by atoms with E-state index in [4.69, 9.17) is 4.74 Å². The minimum atomic E-state index is -3.39. The second-order valence-electron chi connectivity index (χ2n) is 6.76. The van der Waals surface area contributed by atoms with E-state index < -0.39 is 10.0 Å². The third kappa shape index (κ3) is 7.20. The van der Waals surface area contributed by atoms with Crippen molar-refractivity contribution in [2.24, 2.45) is 11.8 Å². The van der Waals surface area contributed by atoms with E-state index in [0.29, 0.717) is 35.4 Å². The van der Waals surface area contributed by atoms with Crippen molar-refractivity contribution in [3.8, 4) is 5.75 Å². The first kappa shape index (κ1) is 23.5. The van der Waals surface area contributed by atoms with Crippen LogP contribution in [0.25, 0.3) is 0 Å². The maximum Gasteiger partial charge on any atom is 0.232 e. The van der Waals surface area contributed by atoms with Gasteiger partial charge in [-0.3, -0.25) is 9.52 Å². The SMILES string of the molecule is CCS(=O)(=O)Nc1ccc(NC(=O)CC(C)C2CCCNC2)cc1OC.Cl. The Kier molecular flexibility index (Phi) is 9.35. The summed E-state index contributed by atoms with van der Waals surface area (Å²) in [6.45, 7) is 5.70. The van der Waals surface area contributed by atoms with E-state index in [1.165, 1.54) is 7.11 Å². The average molecular weight is 420 g/mol. The van der Waals surface area contributed by atoms with E-state index >= 15 is 0 Å². The number of amides is 1. The van der Waals surface area contributed by atoms with Crippen molar-refractivity contribution in [1.82, 2.24) is 5.32 Å². The molecule has 3 N–H and O–H groups in total. The molecule has 1 amide bonds. The highest BCUT2D eigenvalue weighted by atomic mass is 35.5. The normalized spacial score (nSPS) is 18.1. The quantitative estimate of drug-likeness (QED) is 0.602. The molecule has 1 aromatic carbocycles. The van der Waals surface area contributed by atoms with Crippen LogP contribution in [0.3, 0.4) is 0 Å². The Labute approximate surface area is 168 Å². The molecule has 1 fully saturated rings. The van der Waals surface area contributed by atoms with E-state index in [1.807, 2.05) is 0 Å². The predicted molar refractivity (Wildman–Crippen MR) is 111 cm³/mol. The molecule has 0 aliphatic carbocycles. The highest BCUT2D eigenvalue weighted by Crippen LogP contribution is 2.29. The van der Waals surface area contributed by atoms with Crippen molar-refractivity contribution in [2.45, 2.75) is 33.1 Å². The number of hydrogen-bond donors (Lipinski definition) is 3. The van der Waals surface area contributed by atoms with Crippen LogP contribution in [0.15, 0.2) is 18.2 Å². The van der Waals surface area contributed by atoms with Gasteiger partial charge in [0.25, 0.3) is 0 Å². The van der Waals surface area contributed by atoms with Gasteiger partial charge in [-0.05, 0) is 56.8 Å². The summed E-state index contributed by atoms with van der Waals surface area (Å²) in [6.07, 6.45) is 2.77. The largest absolute Gasteiger partial charge is 0.494 e. The molecule has 0 bridgehead atoms. The number of carbonyl (C=O) groups excluding carboxylic acids is 1. The molecular formula is C18H30ClN3O4S. The lowest BCUT2D eigenvalue weighted by molar-refractivity contribution is -0.117. The van der Waals surface area contributed by atoms with Crippen LogP contribution in [0, 0.1) is 11.8 Å². The summed E-state index contributed by atoms with van der Waals surface area (Å²) < 4.78 is 31.2. The lowest BCUT2D eigenvalue weighted by Gasteiger charge is -2.28. The first-order valence-electron chi connectivity index (χ1n) is 9.03. The highest BCUT2D eigenvalue weighted by Gasteiger charge is 2.22. The fraction of sp³-hybridized carbons (Fsp3) is 0.611. The molecule has 154 valence electrons. The fourth-order valence-corrected chi connectivity index (χ4v) is 3.78. The van der Waals surface area contributed by atoms with Gasteiger partial charge in [0.2, 0.25) is 15.9 Å². The second kappa shape index (κ2) is 10.7. The molecule has 1 aromatic rings. The molecule has 2 atom stereocenters. The number of piperidine rings is 1. The second-order valence-corrected chi connectivity index (χ2v) is 8.77. The van der Waals surface area contributed by atoms with Crippen molar-refractivity contribution in [3.63, 3.8) is 0 Å². The number of anilines is 2. The maximum atomic E-state index is 12.3. The molecule has 2 unspecified atom stereocenters. The molecule has 1 aliphatic heterocycles. The van der Waals surface area contributed by atoms with Crippen LogP contribution >= 0.6 is 12.4 Å². The van der Waals surface area contributed by atoms with Crippen LogP contribution in [-0.2, 0) is 14.8 Å². The molecule has 0 spiro atoms. The number of halogens is 1. The number of rotatable bonds is 8. The van der Waals surface area contributed by atoms with Crippen LogP contribution in [-0.4, -0.2) is 40.3 Å². The van der Waals surface area contributed by atoms with E-state index in [2.05, 4.69) is 22.3 Å². The number of methoxy groups -OCH3 is 1. The molecule has 0 radical (unpaired) electrons. The zero-order valence-electron chi connectivity index (χ0n) is 16.1. The summed E-state index contributed by atoms with van der Waals surface area (Å²) in [4.78, 5) is 12.3. The molecule has 7 nitrogen and oxygen atoms in total. The first-order chi connectivity index (χ1) is 12.3. The zero-order valence-corrected chi connectivity index (χ0v) is 17.7. The number of benzene rings is 1. The summed E-state index contributed by atoms with van der Waals surface area (Å²) in [7, 11) is -1.93. The number of sulfonamides is 1. The van der Waals surface area contributed by atoms with Gasteiger partial charge < -0.3 is 15.4 Å². The van der Waals surface area contributed by atoms with Gasteiger partial charge in [-0.25, -0.2) is 8.42 Å². The summed E-state index contributed by atoms with van der Waals surface area (Å²) >= 11 is 0.